The molecule has 6 heteroatoms. The Bertz CT molecular complexity index is 892. The van der Waals surface area contributed by atoms with E-state index in [0.717, 1.165) is 25.2 Å². The van der Waals surface area contributed by atoms with Gasteiger partial charge in [-0.25, -0.2) is 13.1 Å². The Balaban J connectivity index is 1.86. The smallest absolute Gasteiger partial charge is 0.214 e. The van der Waals surface area contributed by atoms with Crippen LogP contribution in [0.1, 0.15) is 36.6 Å². The van der Waals surface area contributed by atoms with Crippen molar-refractivity contribution < 1.29 is 13.3 Å². The molecule has 0 aliphatic carbocycles. The van der Waals surface area contributed by atoms with Gasteiger partial charge in [-0.2, -0.15) is 0 Å². The fraction of sp³-hybridized carbons (Fsp3) is 0.455. The van der Waals surface area contributed by atoms with Crippen molar-refractivity contribution in [2.24, 2.45) is 0 Å². The van der Waals surface area contributed by atoms with Crippen LogP contribution in [-0.2, 0) is 23.0 Å². The highest BCUT2D eigenvalue weighted by Crippen LogP contribution is 2.19. The number of sulfonamides is 1. The molecule has 1 aliphatic rings. The number of quaternary nitrogens is 1. The van der Waals surface area contributed by atoms with Crippen LogP contribution in [0.15, 0.2) is 48.5 Å². The minimum atomic E-state index is -3.29. The molecule has 2 atom stereocenters. The number of nitrogens with zero attached hydrogens (tertiary/aromatic N) is 1. The molecule has 0 aromatic heterocycles. The number of hydrogen-bond donors (Lipinski definition) is 2. The predicted octanol–water partition coefficient (Wildman–Crippen LogP) is 1.76. The van der Waals surface area contributed by atoms with Gasteiger partial charge in [0.15, 0.2) is 0 Å². The molecular formula is C22H32N3O2S+. The molecule has 2 N–H and O–H groups in total. The van der Waals surface area contributed by atoms with Crippen LogP contribution in [0.5, 0.6) is 0 Å². The fourth-order valence-electron chi connectivity index (χ4n) is 3.77. The van der Waals surface area contributed by atoms with Crippen LogP contribution in [0.4, 0.5) is 5.69 Å². The van der Waals surface area contributed by atoms with Crippen molar-refractivity contribution in [3.8, 4) is 0 Å². The lowest BCUT2D eigenvalue weighted by Crippen LogP contribution is -3.12. The summed E-state index contributed by atoms with van der Waals surface area (Å²) in [6.07, 6.45) is 1.02. The second-order valence-corrected chi connectivity index (χ2v) is 10.4. The molecular weight excluding hydrogens is 370 g/mol. The molecule has 5 nitrogen and oxygen atoms in total. The molecule has 0 radical (unpaired) electrons. The van der Waals surface area contributed by atoms with E-state index >= 15 is 0 Å². The third-order valence-electron chi connectivity index (χ3n) is 5.67. The maximum atomic E-state index is 12.4. The molecule has 0 spiro atoms. The maximum Gasteiger partial charge on any atom is 0.214 e. The van der Waals surface area contributed by atoms with Gasteiger partial charge in [0, 0.05) is 37.3 Å². The fourth-order valence-corrected chi connectivity index (χ4v) is 4.50. The monoisotopic (exact) mass is 402 g/mol. The average molecular weight is 403 g/mol. The molecule has 0 bridgehead atoms. The highest BCUT2D eigenvalue weighted by molar-refractivity contribution is 7.90. The SMILES string of the molecule is CC(C)S(=O)(=O)NC[C@H](c1ccc(N(C)C)cc1)[NH+]1CCc2ccccc2C1. The van der Waals surface area contributed by atoms with Crippen LogP contribution in [0, 0.1) is 0 Å². The number of benzene rings is 2. The number of nitrogens with one attached hydrogen (secondary N) is 2. The standard InChI is InChI=1S/C22H31N3O2S/c1-17(2)28(26,27)23-15-22(19-9-11-21(12-10-19)24(3)4)25-14-13-18-7-5-6-8-20(18)16-25/h5-12,17,22-23H,13-16H2,1-4H3/p+1/t22-/m1/s1. The van der Waals surface area contributed by atoms with E-state index in [0.29, 0.717) is 6.54 Å². The quantitative estimate of drug-likeness (QED) is 0.742. The van der Waals surface area contributed by atoms with Crippen molar-refractivity contribution in [1.82, 2.24) is 4.72 Å². The Morgan fingerprint density at radius 2 is 1.68 bits per heavy atom. The molecule has 0 fully saturated rings. The molecule has 1 heterocycles. The molecule has 28 heavy (non-hydrogen) atoms. The summed E-state index contributed by atoms with van der Waals surface area (Å²) in [6, 6.07) is 17.1. The van der Waals surface area contributed by atoms with E-state index in [-0.39, 0.29) is 6.04 Å². The lowest BCUT2D eigenvalue weighted by Gasteiger charge is -2.33. The molecule has 2 aromatic rings. The topological polar surface area (TPSA) is 53.9 Å². The summed E-state index contributed by atoms with van der Waals surface area (Å²) in [7, 11) is 0.754. The maximum absolute atomic E-state index is 12.4. The second kappa shape index (κ2) is 8.64. The summed E-state index contributed by atoms with van der Waals surface area (Å²) in [4.78, 5) is 3.48. The van der Waals surface area contributed by atoms with Gasteiger partial charge >= 0.3 is 0 Å². The molecule has 2 aromatic carbocycles. The van der Waals surface area contributed by atoms with Crippen LogP contribution >= 0.6 is 0 Å². The van der Waals surface area contributed by atoms with Crippen LogP contribution in [0.25, 0.3) is 0 Å². The molecule has 3 rings (SSSR count). The van der Waals surface area contributed by atoms with Gasteiger partial charge in [-0.05, 0) is 31.5 Å². The third-order valence-corrected chi connectivity index (χ3v) is 7.48. The lowest BCUT2D eigenvalue weighted by atomic mass is 9.96. The van der Waals surface area contributed by atoms with Crippen LogP contribution in [0.2, 0.25) is 0 Å². The van der Waals surface area contributed by atoms with Gasteiger partial charge in [-0.1, -0.05) is 36.4 Å². The van der Waals surface area contributed by atoms with E-state index in [1.54, 1.807) is 13.8 Å². The zero-order valence-corrected chi connectivity index (χ0v) is 18.1. The Labute approximate surface area is 169 Å². The zero-order valence-electron chi connectivity index (χ0n) is 17.3. The van der Waals surface area contributed by atoms with Gasteiger partial charge in [0.2, 0.25) is 10.0 Å². The van der Waals surface area contributed by atoms with Gasteiger partial charge < -0.3 is 9.80 Å². The van der Waals surface area contributed by atoms with Crippen molar-refractivity contribution >= 4 is 15.7 Å². The minimum Gasteiger partial charge on any atom is -0.378 e. The summed E-state index contributed by atoms with van der Waals surface area (Å²) >= 11 is 0. The highest BCUT2D eigenvalue weighted by atomic mass is 32.2. The van der Waals surface area contributed by atoms with Crippen LogP contribution in [0.3, 0.4) is 0 Å². The molecule has 152 valence electrons. The van der Waals surface area contributed by atoms with E-state index in [1.165, 1.54) is 21.6 Å². The summed E-state index contributed by atoms with van der Waals surface area (Å²) in [5, 5.41) is -0.429. The highest BCUT2D eigenvalue weighted by Gasteiger charge is 2.30. The first kappa shape index (κ1) is 20.8. The van der Waals surface area contributed by atoms with E-state index in [2.05, 4.69) is 58.2 Å². The van der Waals surface area contributed by atoms with Crippen molar-refractivity contribution in [3.63, 3.8) is 0 Å². The van der Waals surface area contributed by atoms with Gasteiger partial charge in [0.1, 0.15) is 12.6 Å². The Morgan fingerprint density at radius 3 is 2.29 bits per heavy atom. The van der Waals surface area contributed by atoms with Gasteiger partial charge in [-0.3, -0.25) is 0 Å². The van der Waals surface area contributed by atoms with Crippen molar-refractivity contribution in [3.05, 3.63) is 65.2 Å². The first-order valence-electron chi connectivity index (χ1n) is 9.95. The van der Waals surface area contributed by atoms with E-state index in [4.69, 9.17) is 0 Å². The summed E-state index contributed by atoms with van der Waals surface area (Å²) in [5.74, 6) is 0. The molecule has 0 saturated heterocycles. The van der Waals surface area contributed by atoms with E-state index in [9.17, 15) is 8.42 Å². The van der Waals surface area contributed by atoms with Crippen LogP contribution < -0.4 is 14.5 Å². The number of rotatable bonds is 7. The minimum absolute atomic E-state index is 0.0816. The first-order chi connectivity index (χ1) is 13.3. The Kier molecular flexibility index (Phi) is 6.43. The molecule has 0 amide bonds. The largest absolute Gasteiger partial charge is 0.378 e. The normalized spacial score (nSPS) is 18.0. The average Bonchev–Trinajstić information content (AvgIpc) is 2.68. The molecule has 0 saturated carbocycles. The first-order valence-corrected chi connectivity index (χ1v) is 11.5. The van der Waals surface area contributed by atoms with Crippen molar-refractivity contribution in [1.29, 1.82) is 0 Å². The van der Waals surface area contributed by atoms with Gasteiger partial charge in [-0.15, -0.1) is 0 Å². The molecule has 1 aliphatic heterocycles. The number of hydrogen-bond acceptors (Lipinski definition) is 3. The lowest BCUT2D eigenvalue weighted by molar-refractivity contribution is -0.945. The van der Waals surface area contributed by atoms with Gasteiger partial charge in [0.25, 0.3) is 0 Å². The molecule has 1 unspecified atom stereocenters. The zero-order chi connectivity index (χ0) is 20.3. The third kappa shape index (κ3) is 4.74. The second-order valence-electron chi connectivity index (χ2n) is 8.08. The predicted molar refractivity (Wildman–Crippen MR) is 115 cm³/mol. The van der Waals surface area contributed by atoms with E-state index < -0.39 is 15.3 Å². The van der Waals surface area contributed by atoms with E-state index in [1.807, 2.05) is 14.1 Å². The number of fused-ring (bicyclic) bond motifs is 1. The Hall–Kier alpha value is -1.89. The summed E-state index contributed by atoms with van der Waals surface area (Å²) < 4.78 is 27.6. The van der Waals surface area contributed by atoms with Crippen molar-refractivity contribution in [2.75, 3.05) is 32.1 Å². The van der Waals surface area contributed by atoms with Crippen molar-refractivity contribution in [2.45, 2.75) is 38.1 Å². The number of anilines is 1. The summed E-state index contributed by atoms with van der Waals surface area (Å²) in [5.41, 5.74) is 5.09. The van der Waals surface area contributed by atoms with Gasteiger partial charge in [0.05, 0.1) is 18.3 Å². The Morgan fingerprint density at radius 1 is 1.04 bits per heavy atom. The summed E-state index contributed by atoms with van der Waals surface area (Å²) in [6.45, 7) is 5.76. The van der Waals surface area contributed by atoms with Crippen LogP contribution in [-0.4, -0.2) is 40.9 Å².